The van der Waals surface area contributed by atoms with Crippen molar-refractivity contribution in [3.8, 4) is 0 Å². The number of rotatable bonds is 16. The SMILES string of the molecule is CC(=O)N[C@H](CN)C(=O)N[C@H]1CCNC(=O)[C@H](CC(C)C)NC(=O)[C@H](CCN)NC(=O)[C@H](CCN)NC(=O)[C@H](CC(C)C)NC(=O)[C@@H](Cc2ccccc2)NC(=O)[C@H](CCN)NC1=O. The lowest BCUT2D eigenvalue weighted by atomic mass is 10.00. The van der Waals surface area contributed by atoms with Crippen molar-refractivity contribution in [1.29, 1.82) is 0 Å². The van der Waals surface area contributed by atoms with Crippen LogP contribution < -0.4 is 70.8 Å². The van der Waals surface area contributed by atoms with Crippen LogP contribution in [0.5, 0.6) is 0 Å². The summed E-state index contributed by atoms with van der Waals surface area (Å²) in [7, 11) is 0. The molecule has 9 amide bonds. The van der Waals surface area contributed by atoms with Gasteiger partial charge in [0.1, 0.15) is 48.3 Å². The molecule has 0 aliphatic carbocycles. The van der Waals surface area contributed by atoms with Crippen molar-refractivity contribution < 1.29 is 43.2 Å². The van der Waals surface area contributed by atoms with E-state index >= 15 is 0 Å². The molecule has 1 aliphatic heterocycles. The van der Waals surface area contributed by atoms with Gasteiger partial charge in [0.25, 0.3) is 0 Å². The van der Waals surface area contributed by atoms with Gasteiger partial charge in [-0.15, -0.1) is 0 Å². The largest absolute Gasteiger partial charge is 0.354 e. The first-order chi connectivity index (χ1) is 30.3. The van der Waals surface area contributed by atoms with E-state index < -0.39 is 101 Å². The Kier molecular flexibility index (Phi) is 23.9. The zero-order chi connectivity index (χ0) is 47.9. The third-order valence-corrected chi connectivity index (χ3v) is 10.2. The van der Waals surface area contributed by atoms with E-state index in [0.29, 0.717) is 5.56 Å². The average Bonchev–Trinajstić information content (AvgIpc) is 3.23. The Morgan fingerprint density at radius 3 is 1.44 bits per heavy atom. The molecule has 1 saturated heterocycles. The Morgan fingerprint density at radius 1 is 0.594 bits per heavy atom. The van der Waals surface area contributed by atoms with E-state index in [-0.39, 0.29) is 89.5 Å². The lowest BCUT2D eigenvalue weighted by Gasteiger charge is -2.28. The molecule has 358 valence electrons. The van der Waals surface area contributed by atoms with Crippen LogP contribution in [0.15, 0.2) is 30.3 Å². The van der Waals surface area contributed by atoms with Crippen LogP contribution in [0.1, 0.15) is 78.7 Å². The molecule has 2 rings (SSSR count). The number of carbonyl (C=O) groups excluding carboxylic acids is 9. The highest BCUT2D eigenvalue weighted by atomic mass is 16.2. The standard InChI is InChI=1S/C42H71N13O9/c1-23(2)19-31-35(57)47-18-14-30(52-42(64)34(22-46)48-25(5)56)39(61)50-29(13-17-45)38(60)55-33(21-26-9-7-6-8-10-26)41(63)54-32(20-24(3)4)40(62)51-27(11-15-43)36(58)49-28(12-16-44)37(59)53-31/h6-10,23-24,27-34H,11-22,43-46H2,1-5H3,(H,47,57)(H,48,56)(H,49,58)(H,50,61)(H,51,62)(H,52,64)(H,53,59)(H,54,63)(H,55,60)/t27-,28-,29-,30-,31-,32-,33+,34+/m0/s1. The normalized spacial score (nSPS) is 24.2. The summed E-state index contributed by atoms with van der Waals surface area (Å²) >= 11 is 0. The molecule has 0 aromatic heterocycles. The van der Waals surface area contributed by atoms with E-state index in [1.165, 1.54) is 6.92 Å². The molecule has 22 nitrogen and oxygen atoms in total. The van der Waals surface area contributed by atoms with Crippen LogP contribution in [0.25, 0.3) is 0 Å². The molecule has 1 heterocycles. The maximum absolute atomic E-state index is 14.2. The van der Waals surface area contributed by atoms with Gasteiger partial charge in [0.15, 0.2) is 0 Å². The zero-order valence-corrected chi connectivity index (χ0v) is 37.6. The topological polar surface area (TPSA) is 366 Å². The van der Waals surface area contributed by atoms with Crippen molar-refractivity contribution in [1.82, 2.24) is 47.9 Å². The molecule has 22 heteroatoms. The number of carbonyl (C=O) groups is 9. The van der Waals surface area contributed by atoms with E-state index in [2.05, 4.69) is 47.9 Å². The predicted molar refractivity (Wildman–Crippen MR) is 238 cm³/mol. The molecule has 8 atom stereocenters. The predicted octanol–water partition coefficient (Wildman–Crippen LogP) is -4.26. The first-order valence-corrected chi connectivity index (χ1v) is 21.8. The van der Waals surface area contributed by atoms with Crippen molar-refractivity contribution in [2.45, 2.75) is 128 Å². The van der Waals surface area contributed by atoms with Crippen molar-refractivity contribution in [3.63, 3.8) is 0 Å². The van der Waals surface area contributed by atoms with E-state index in [9.17, 15) is 43.2 Å². The fourth-order valence-corrected chi connectivity index (χ4v) is 6.89. The van der Waals surface area contributed by atoms with Crippen molar-refractivity contribution in [2.75, 3.05) is 32.7 Å². The molecule has 17 N–H and O–H groups in total. The maximum Gasteiger partial charge on any atom is 0.244 e. The molecule has 1 fully saturated rings. The van der Waals surface area contributed by atoms with Gasteiger partial charge in [0, 0.05) is 26.4 Å². The summed E-state index contributed by atoms with van der Waals surface area (Å²) in [5.41, 5.74) is 24.0. The Morgan fingerprint density at radius 2 is 1.00 bits per heavy atom. The van der Waals surface area contributed by atoms with Gasteiger partial charge in [-0.3, -0.25) is 43.2 Å². The highest BCUT2D eigenvalue weighted by Gasteiger charge is 2.35. The lowest BCUT2D eigenvalue weighted by molar-refractivity contribution is -0.136. The molecule has 1 aliphatic rings. The minimum atomic E-state index is -1.42. The van der Waals surface area contributed by atoms with Gasteiger partial charge < -0.3 is 70.8 Å². The average molecular weight is 902 g/mol. The number of nitrogens with two attached hydrogens (primary N) is 4. The summed E-state index contributed by atoms with van der Waals surface area (Å²) in [6.45, 7) is 7.76. The maximum atomic E-state index is 14.2. The first-order valence-electron chi connectivity index (χ1n) is 21.8. The number of nitrogens with one attached hydrogen (secondary N) is 9. The fourth-order valence-electron chi connectivity index (χ4n) is 6.89. The van der Waals surface area contributed by atoms with Gasteiger partial charge in [-0.2, -0.15) is 0 Å². The minimum Gasteiger partial charge on any atom is -0.354 e. The summed E-state index contributed by atoms with van der Waals surface area (Å²) in [6.07, 6.45) is -0.210. The Hall–Kier alpha value is -5.71. The lowest BCUT2D eigenvalue weighted by Crippen LogP contribution is -2.61. The third kappa shape index (κ3) is 19.0. The third-order valence-electron chi connectivity index (χ3n) is 10.2. The summed E-state index contributed by atoms with van der Waals surface area (Å²) in [5.74, 6) is -6.95. The minimum absolute atomic E-state index is 0.0369. The van der Waals surface area contributed by atoms with Crippen LogP contribution in [-0.2, 0) is 49.6 Å². The molecule has 1 aromatic rings. The quantitative estimate of drug-likeness (QED) is 0.0749. The molecule has 0 radical (unpaired) electrons. The highest BCUT2D eigenvalue weighted by Crippen LogP contribution is 2.11. The molecule has 1 aromatic carbocycles. The molecular formula is C42H71N13O9. The molecule has 0 bridgehead atoms. The van der Waals surface area contributed by atoms with E-state index in [4.69, 9.17) is 22.9 Å². The summed E-state index contributed by atoms with van der Waals surface area (Å²) in [6, 6.07) is -1.41. The Labute approximate surface area is 374 Å². The van der Waals surface area contributed by atoms with Crippen LogP contribution >= 0.6 is 0 Å². The molecule has 0 unspecified atom stereocenters. The molecule has 0 saturated carbocycles. The monoisotopic (exact) mass is 902 g/mol. The summed E-state index contributed by atoms with van der Waals surface area (Å²) in [5, 5.41) is 23.7. The van der Waals surface area contributed by atoms with Gasteiger partial charge >= 0.3 is 0 Å². The van der Waals surface area contributed by atoms with Gasteiger partial charge in [0.05, 0.1) is 0 Å². The highest BCUT2D eigenvalue weighted by molar-refractivity contribution is 5.98. The number of hydrogen-bond donors (Lipinski definition) is 13. The molecule has 64 heavy (non-hydrogen) atoms. The van der Waals surface area contributed by atoms with Crippen LogP contribution in [0.3, 0.4) is 0 Å². The first kappa shape index (κ1) is 54.4. The second-order valence-corrected chi connectivity index (χ2v) is 16.7. The van der Waals surface area contributed by atoms with Crippen LogP contribution in [0, 0.1) is 11.8 Å². The van der Waals surface area contributed by atoms with Gasteiger partial charge in [0.2, 0.25) is 53.2 Å². The van der Waals surface area contributed by atoms with Crippen LogP contribution in [0.2, 0.25) is 0 Å². The van der Waals surface area contributed by atoms with E-state index in [1.807, 2.05) is 27.7 Å². The second-order valence-electron chi connectivity index (χ2n) is 16.7. The fraction of sp³-hybridized carbons (Fsp3) is 0.643. The summed E-state index contributed by atoms with van der Waals surface area (Å²) in [4.78, 5) is 123. The number of benzene rings is 1. The van der Waals surface area contributed by atoms with Gasteiger partial charge in [-0.05, 0) is 75.6 Å². The van der Waals surface area contributed by atoms with Crippen LogP contribution in [0.4, 0.5) is 0 Å². The van der Waals surface area contributed by atoms with Crippen molar-refractivity contribution in [3.05, 3.63) is 35.9 Å². The van der Waals surface area contributed by atoms with Crippen LogP contribution in [-0.4, -0.2) is 134 Å². The molecule has 0 spiro atoms. The molecular weight excluding hydrogens is 831 g/mol. The number of amides is 9. The van der Waals surface area contributed by atoms with E-state index in [1.54, 1.807) is 30.3 Å². The van der Waals surface area contributed by atoms with E-state index in [0.717, 1.165) is 0 Å². The van der Waals surface area contributed by atoms with Crippen molar-refractivity contribution in [2.24, 2.45) is 34.8 Å². The Balaban J connectivity index is 2.73. The van der Waals surface area contributed by atoms with Gasteiger partial charge in [-0.1, -0.05) is 58.0 Å². The number of hydrogen-bond acceptors (Lipinski definition) is 13. The van der Waals surface area contributed by atoms with Gasteiger partial charge in [-0.25, -0.2) is 0 Å². The zero-order valence-electron chi connectivity index (χ0n) is 37.6. The summed E-state index contributed by atoms with van der Waals surface area (Å²) < 4.78 is 0. The van der Waals surface area contributed by atoms with Crippen molar-refractivity contribution >= 4 is 53.2 Å². The second kappa shape index (κ2) is 28.2. The smallest absolute Gasteiger partial charge is 0.244 e. The Bertz CT molecular complexity index is 1730.